The van der Waals surface area contributed by atoms with Crippen LogP contribution >= 0.6 is 24.0 Å². The second-order valence-electron chi connectivity index (χ2n) is 8.68. The van der Waals surface area contributed by atoms with Crippen molar-refractivity contribution in [3.05, 3.63) is 24.3 Å². The third-order valence-corrected chi connectivity index (χ3v) is 3.48. The topological polar surface area (TPSA) is 104 Å². The Morgan fingerprint density at radius 3 is 2.16 bits per heavy atom. The van der Waals surface area contributed by atoms with Crippen molar-refractivity contribution in [3.63, 3.8) is 0 Å². The van der Waals surface area contributed by atoms with Crippen molar-refractivity contribution in [1.82, 2.24) is 16.0 Å². The maximum atomic E-state index is 12.1. The fourth-order valence-corrected chi connectivity index (χ4v) is 2.46. The van der Waals surface area contributed by atoms with Crippen LogP contribution in [0.2, 0.25) is 0 Å². The minimum atomic E-state index is -0.325. The number of carbonyl (C=O) groups is 2. The number of halogens is 1. The van der Waals surface area contributed by atoms with Gasteiger partial charge in [0, 0.05) is 30.2 Å². The summed E-state index contributed by atoms with van der Waals surface area (Å²) in [7, 11) is 0. The molecule has 0 radical (unpaired) electrons. The quantitative estimate of drug-likeness (QED) is 0.216. The van der Waals surface area contributed by atoms with Gasteiger partial charge in [-0.2, -0.15) is 0 Å². The summed E-state index contributed by atoms with van der Waals surface area (Å²) in [4.78, 5) is 28.3. The number of nitrogens with zero attached hydrogens (tertiary/aromatic N) is 1. The van der Waals surface area contributed by atoms with E-state index >= 15 is 0 Å². The first-order chi connectivity index (χ1) is 13.9. The average Bonchev–Trinajstić information content (AvgIpc) is 2.58. The third-order valence-electron chi connectivity index (χ3n) is 3.48. The van der Waals surface area contributed by atoms with E-state index in [0.717, 1.165) is 11.4 Å². The molecule has 0 spiro atoms. The zero-order valence-corrected chi connectivity index (χ0v) is 22.0. The largest absolute Gasteiger partial charge is 0.491 e. The number of guanidine groups is 1. The molecule has 0 saturated heterocycles. The van der Waals surface area contributed by atoms with Crippen LogP contribution in [0.5, 0.6) is 5.75 Å². The van der Waals surface area contributed by atoms with Crippen LogP contribution in [0.25, 0.3) is 0 Å². The van der Waals surface area contributed by atoms with E-state index in [1.54, 1.807) is 0 Å². The van der Waals surface area contributed by atoms with E-state index in [9.17, 15) is 9.59 Å². The summed E-state index contributed by atoms with van der Waals surface area (Å²) in [6.45, 7) is 13.9. The molecule has 1 aromatic carbocycles. The van der Waals surface area contributed by atoms with Crippen LogP contribution in [0.1, 0.15) is 54.9 Å². The minimum Gasteiger partial charge on any atom is -0.491 e. The Labute approximate surface area is 203 Å². The monoisotopic (exact) mass is 547 g/mol. The van der Waals surface area contributed by atoms with Crippen LogP contribution in [0, 0.1) is 0 Å². The number of rotatable bonds is 9. The highest BCUT2D eigenvalue weighted by atomic mass is 127. The summed E-state index contributed by atoms with van der Waals surface area (Å²) in [6.07, 6.45) is 0.398. The Bertz CT molecular complexity index is 713. The van der Waals surface area contributed by atoms with Crippen LogP contribution in [0.3, 0.4) is 0 Å². The Morgan fingerprint density at radius 1 is 1.03 bits per heavy atom. The molecule has 1 aromatic rings. The molecular formula is C22H38IN5O3. The molecule has 0 unspecified atom stereocenters. The number of hydrogen-bond acceptors (Lipinski definition) is 4. The summed E-state index contributed by atoms with van der Waals surface area (Å²) in [5, 5.41) is 12.0. The highest BCUT2D eigenvalue weighted by molar-refractivity contribution is 14.0. The molecule has 2 amide bonds. The fourth-order valence-electron chi connectivity index (χ4n) is 2.46. The molecule has 0 aliphatic carbocycles. The number of aliphatic imine (C=N–C) groups is 1. The zero-order valence-electron chi connectivity index (χ0n) is 19.7. The molecule has 0 aliphatic rings. The number of benzene rings is 1. The van der Waals surface area contributed by atoms with Gasteiger partial charge in [-0.15, -0.1) is 24.0 Å². The molecular weight excluding hydrogens is 509 g/mol. The van der Waals surface area contributed by atoms with Crippen molar-refractivity contribution in [2.45, 2.75) is 72.6 Å². The predicted molar refractivity (Wildman–Crippen MR) is 137 cm³/mol. The average molecular weight is 547 g/mol. The number of hydrogen-bond donors (Lipinski definition) is 4. The Kier molecular flexibility index (Phi) is 13.2. The van der Waals surface area contributed by atoms with Gasteiger partial charge in [-0.1, -0.05) is 0 Å². The lowest BCUT2D eigenvalue weighted by Gasteiger charge is -2.20. The van der Waals surface area contributed by atoms with Gasteiger partial charge < -0.3 is 26.0 Å². The van der Waals surface area contributed by atoms with E-state index in [0.29, 0.717) is 18.9 Å². The van der Waals surface area contributed by atoms with Crippen LogP contribution in [0.15, 0.2) is 29.3 Å². The Morgan fingerprint density at radius 2 is 1.65 bits per heavy atom. The van der Waals surface area contributed by atoms with E-state index in [2.05, 4.69) is 26.3 Å². The maximum absolute atomic E-state index is 12.1. The van der Waals surface area contributed by atoms with E-state index < -0.39 is 0 Å². The van der Waals surface area contributed by atoms with Gasteiger partial charge in [-0.3, -0.25) is 9.59 Å². The van der Waals surface area contributed by atoms with E-state index in [1.165, 1.54) is 0 Å². The normalized spacial score (nSPS) is 11.6. The molecule has 0 saturated carbocycles. The summed E-state index contributed by atoms with van der Waals surface area (Å²) < 4.78 is 5.65. The molecule has 0 fully saturated rings. The van der Waals surface area contributed by atoms with Crippen molar-refractivity contribution in [2.75, 3.05) is 18.4 Å². The van der Waals surface area contributed by atoms with E-state index in [-0.39, 0.29) is 60.0 Å². The van der Waals surface area contributed by atoms with Crippen molar-refractivity contribution < 1.29 is 14.3 Å². The first-order valence-corrected chi connectivity index (χ1v) is 10.4. The molecule has 1 rings (SSSR count). The minimum absolute atomic E-state index is 0. The predicted octanol–water partition coefficient (Wildman–Crippen LogP) is 3.28. The van der Waals surface area contributed by atoms with Gasteiger partial charge in [0.1, 0.15) is 12.3 Å². The van der Waals surface area contributed by atoms with E-state index in [4.69, 9.17) is 4.74 Å². The first kappa shape index (κ1) is 29.0. The number of ether oxygens (including phenoxy) is 1. The standard InChI is InChI=1S/C22H37N5O3.HI/c1-15(2)25-19(28)12-13-23-21(24-14-20(29)27-22(5,6)7)26-17-8-10-18(11-9-17)30-16(3)4;/h8-11,15-16H,12-14H2,1-7H3,(H,25,28)(H,27,29)(H2,23,24,26);1H. The number of carbonyl (C=O) groups excluding carboxylic acids is 2. The zero-order chi connectivity index (χ0) is 22.7. The second kappa shape index (κ2) is 14.1. The van der Waals surface area contributed by atoms with Gasteiger partial charge in [-0.05, 0) is 72.7 Å². The molecule has 4 N–H and O–H groups in total. The summed E-state index contributed by atoms with van der Waals surface area (Å²) >= 11 is 0. The molecule has 0 aliphatic heterocycles. The highest BCUT2D eigenvalue weighted by Crippen LogP contribution is 2.16. The summed E-state index contributed by atoms with van der Waals surface area (Å²) in [6, 6.07) is 7.56. The van der Waals surface area contributed by atoms with Gasteiger partial charge in [0.05, 0.1) is 6.10 Å². The molecule has 0 aromatic heterocycles. The van der Waals surface area contributed by atoms with Gasteiger partial charge in [-0.25, -0.2) is 4.99 Å². The van der Waals surface area contributed by atoms with Crippen LogP contribution in [0.4, 0.5) is 5.69 Å². The Balaban J connectivity index is 0.00000900. The molecule has 0 heterocycles. The maximum Gasteiger partial charge on any atom is 0.242 e. The lowest BCUT2D eigenvalue weighted by Crippen LogP contribution is -2.42. The second-order valence-corrected chi connectivity index (χ2v) is 8.68. The molecule has 8 nitrogen and oxygen atoms in total. The lowest BCUT2D eigenvalue weighted by atomic mass is 10.1. The van der Waals surface area contributed by atoms with Crippen LogP contribution in [-0.2, 0) is 9.59 Å². The van der Waals surface area contributed by atoms with Crippen molar-refractivity contribution >= 4 is 47.4 Å². The summed E-state index contributed by atoms with van der Waals surface area (Å²) in [5.74, 6) is 0.977. The number of anilines is 1. The van der Waals surface area contributed by atoms with Crippen molar-refractivity contribution in [2.24, 2.45) is 4.99 Å². The molecule has 0 atom stereocenters. The SMILES string of the molecule is CC(C)NC(=O)CCNC(=NCC(=O)NC(C)(C)C)Nc1ccc(OC(C)C)cc1.I. The molecule has 9 heteroatoms. The van der Waals surface area contributed by atoms with Crippen LogP contribution in [-0.4, -0.2) is 48.5 Å². The highest BCUT2D eigenvalue weighted by Gasteiger charge is 2.13. The molecule has 0 bridgehead atoms. The first-order valence-electron chi connectivity index (χ1n) is 10.4. The van der Waals surface area contributed by atoms with Crippen LogP contribution < -0.4 is 26.0 Å². The summed E-state index contributed by atoms with van der Waals surface area (Å²) in [5.41, 5.74) is 0.467. The van der Waals surface area contributed by atoms with Gasteiger partial charge in [0.2, 0.25) is 11.8 Å². The van der Waals surface area contributed by atoms with Gasteiger partial charge >= 0.3 is 0 Å². The smallest absolute Gasteiger partial charge is 0.242 e. The lowest BCUT2D eigenvalue weighted by molar-refractivity contribution is -0.122. The van der Waals surface area contributed by atoms with Gasteiger partial charge in [0.15, 0.2) is 5.96 Å². The molecule has 176 valence electrons. The molecule has 31 heavy (non-hydrogen) atoms. The number of amides is 2. The Hall–Kier alpha value is -2.04. The number of nitrogens with one attached hydrogen (secondary N) is 4. The fraction of sp³-hybridized carbons (Fsp3) is 0.591. The van der Waals surface area contributed by atoms with E-state index in [1.807, 2.05) is 72.7 Å². The third kappa shape index (κ3) is 14.6. The van der Waals surface area contributed by atoms with Crippen molar-refractivity contribution in [3.8, 4) is 5.75 Å². The van der Waals surface area contributed by atoms with Gasteiger partial charge in [0.25, 0.3) is 0 Å². The van der Waals surface area contributed by atoms with Crippen molar-refractivity contribution in [1.29, 1.82) is 0 Å².